The number of fused-ring (bicyclic) bond motifs is 1. The molecule has 0 atom stereocenters. The van der Waals surface area contributed by atoms with Crippen molar-refractivity contribution in [1.29, 1.82) is 0 Å². The number of aryl methyl sites for hydroxylation is 2. The molecule has 144 valence electrons. The van der Waals surface area contributed by atoms with Crippen LogP contribution in [0.5, 0.6) is 0 Å². The summed E-state index contributed by atoms with van der Waals surface area (Å²) < 4.78 is 69.1. The van der Waals surface area contributed by atoms with E-state index in [1.165, 1.54) is 0 Å². The molecule has 0 unspecified atom stereocenters. The molecule has 0 saturated carbocycles. The quantitative estimate of drug-likeness (QED) is 0.486. The molecular weight excluding hydrogens is 356 g/mol. The Balaban J connectivity index is 2.26. The Hall–Kier alpha value is -1.74. The third-order valence-corrected chi connectivity index (χ3v) is 4.02. The highest BCUT2D eigenvalue weighted by Gasteiger charge is 2.31. The van der Waals surface area contributed by atoms with E-state index in [9.17, 15) is 17.6 Å². The van der Waals surface area contributed by atoms with Crippen LogP contribution in [-0.4, -0.2) is 26.8 Å². The Morgan fingerprint density at radius 3 is 1.35 bits per heavy atom. The van der Waals surface area contributed by atoms with Crippen LogP contribution in [0.3, 0.4) is 0 Å². The average Bonchev–Trinajstić information content (AvgIpc) is 2.59. The Morgan fingerprint density at radius 2 is 1.04 bits per heavy atom. The first kappa shape index (κ1) is 20.6. The van der Waals surface area contributed by atoms with Gasteiger partial charge in [-0.1, -0.05) is 12.1 Å². The summed E-state index contributed by atoms with van der Waals surface area (Å²) in [6.45, 7) is 2.84. The van der Waals surface area contributed by atoms with Crippen LogP contribution in [0.2, 0.25) is 0 Å². The van der Waals surface area contributed by atoms with Crippen molar-refractivity contribution in [2.75, 3.05) is 14.2 Å². The lowest BCUT2D eigenvalue weighted by molar-refractivity contribution is -0.388. The number of hydrogen-bond acceptors (Lipinski definition) is 4. The molecule has 0 bridgehead atoms. The molecule has 26 heavy (non-hydrogen) atoms. The summed E-state index contributed by atoms with van der Waals surface area (Å²) in [7, 11) is 1.71. The highest BCUT2D eigenvalue weighted by molar-refractivity contribution is 5.85. The smallest absolute Gasteiger partial charge is 0.299 e. The van der Waals surface area contributed by atoms with Crippen molar-refractivity contribution in [1.82, 2.24) is 0 Å². The molecule has 0 radical (unpaired) electrons. The van der Waals surface area contributed by atoms with Crippen LogP contribution in [0.4, 0.5) is 17.6 Å². The summed E-state index contributed by atoms with van der Waals surface area (Å²) in [6.07, 6.45) is -7.32. The second-order valence-corrected chi connectivity index (χ2v) is 5.82. The molecule has 0 amide bonds. The van der Waals surface area contributed by atoms with Crippen LogP contribution in [0.1, 0.15) is 22.3 Å². The number of halogens is 4. The number of ether oxygens (including phenoxy) is 4. The first-order valence-corrected chi connectivity index (χ1v) is 7.73. The molecule has 0 heterocycles. The van der Waals surface area contributed by atoms with Gasteiger partial charge in [0, 0.05) is 14.2 Å². The van der Waals surface area contributed by atoms with Gasteiger partial charge in [-0.3, -0.25) is 18.9 Å². The van der Waals surface area contributed by atoms with E-state index in [1.54, 1.807) is 38.1 Å². The number of rotatable bonds is 8. The molecular formula is C18H20F4O4. The normalized spacial score (nSPS) is 12.8. The minimum atomic E-state index is -3.66. The second-order valence-electron chi connectivity index (χ2n) is 5.82. The number of alkyl halides is 4. The van der Waals surface area contributed by atoms with Gasteiger partial charge >= 0.3 is 12.6 Å². The maximum absolute atomic E-state index is 13.1. The third kappa shape index (κ3) is 5.14. The predicted molar refractivity (Wildman–Crippen MR) is 86.9 cm³/mol. The van der Waals surface area contributed by atoms with Crippen LogP contribution in [0.15, 0.2) is 24.3 Å². The van der Waals surface area contributed by atoms with Crippen molar-refractivity contribution >= 4 is 10.8 Å². The van der Waals surface area contributed by atoms with Gasteiger partial charge in [0.1, 0.15) is 0 Å². The minimum absolute atomic E-state index is 0.327. The number of benzene rings is 2. The Kier molecular flexibility index (Phi) is 6.23. The van der Waals surface area contributed by atoms with E-state index in [-0.39, 0.29) is 13.2 Å². The SMILES string of the molecule is COC(F)(F)OCc1cc2cc(C)c(COC(F)(F)OC)cc2cc1C. The fourth-order valence-electron chi connectivity index (χ4n) is 2.42. The molecule has 8 heteroatoms. The molecule has 2 aromatic rings. The predicted octanol–water partition coefficient (Wildman–Crippen LogP) is 4.88. The number of methoxy groups -OCH3 is 2. The summed E-state index contributed by atoms with van der Waals surface area (Å²) in [5, 5.41) is 1.55. The summed E-state index contributed by atoms with van der Waals surface area (Å²) in [6, 6.07) is 6.99. The summed E-state index contributed by atoms with van der Waals surface area (Å²) in [5.74, 6) is 0. The van der Waals surface area contributed by atoms with Gasteiger partial charge in [0.15, 0.2) is 0 Å². The van der Waals surface area contributed by atoms with Gasteiger partial charge in [-0.15, -0.1) is 17.6 Å². The van der Waals surface area contributed by atoms with E-state index in [1.807, 2.05) is 0 Å². The summed E-state index contributed by atoms with van der Waals surface area (Å²) in [4.78, 5) is 0. The van der Waals surface area contributed by atoms with E-state index in [2.05, 4.69) is 18.9 Å². The zero-order valence-electron chi connectivity index (χ0n) is 14.9. The van der Waals surface area contributed by atoms with Crippen LogP contribution in [-0.2, 0) is 32.2 Å². The molecule has 0 spiro atoms. The fraction of sp³-hybridized carbons (Fsp3) is 0.444. The van der Waals surface area contributed by atoms with Crippen LogP contribution >= 0.6 is 0 Å². The molecule has 0 aliphatic heterocycles. The lowest BCUT2D eigenvalue weighted by atomic mass is 9.98. The lowest BCUT2D eigenvalue weighted by Crippen LogP contribution is -2.23. The molecule has 2 rings (SSSR count). The van der Waals surface area contributed by atoms with Gasteiger partial charge in [-0.2, -0.15) is 0 Å². The molecule has 2 aromatic carbocycles. The monoisotopic (exact) mass is 376 g/mol. The number of hydrogen-bond donors (Lipinski definition) is 0. The van der Waals surface area contributed by atoms with Crippen molar-refractivity contribution in [3.05, 3.63) is 46.5 Å². The van der Waals surface area contributed by atoms with Gasteiger partial charge < -0.3 is 0 Å². The van der Waals surface area contributed by atoms with E-state index < -0.39 is 12.6 Å². The van der Waals surface area contributed by atoms with Gasteiger partial charge in [-0.05, 0) is 59.0 Å². The molecule has 0 aromatic heterocycles. The van der Waals surface area contributed by atoms with Gasteiger partial charge in [0.2, 0.25) is 0 Å². The van der Waals surface area contributed by atoms with Gasteiger partial charge in [-0.25, -0.2) is 0 Å². The zero-order chi connectivity index (χ0) is 19.5. The van der Waals surface area contributed by atoms with Crippen molar-refractivity contribution in [3.8, 4) is 0 Å². The molecule has 0 aliphatic carbocycles. The highest BCUT2D eigenvalue weighted by atomic mass is 19.3. The topological polar surface area (TPSA) is 36.9 Å². The maximum atomic E-state index is 13.1. The lowest BCUT2D eigenvalue weighted by Gasteiger charge is -2.17. The molecule has 4 nitrogen and oxygen atoms in total. The largest absolute Gasteiger partial charge is 0.485 e. The van der Waals surface area contributed by atoms with Crippen LogP contribution in [0.25, 0.3) is 10.8 Å². The second kappa shape index (κ2) is 7.87. The van der Waals surface area contributed by atoms with Crippen molar-refractivity contribution in [2.45, 2.75) is 39.7 Å². The Morgan fingerprint density at radius 1 is 0.692 bits per heavy atom. The molecule has 0 fully saturated rings. The van der Waals surface area contributed by atoms with Gasteiger partial charge in [0.25, 0.3) is 0 Å². The first-order valence-electron chi connectivity index (χ1n) is 7.73. The third-order valence-electron chi connectivity index (χ3n) is 4.02. The zero-order valence-corrected chi connectivity index (χ0v) is 14.9. The van der Waals surface area contributed by atoms with Crippen molar-refractivity contribution in [3.63, 3.8) is 0 Å². The van der Waals surface area contributed by atoms with E-state index >= 15 is 0 Å². The molecule has 0 saturated heterocycles. The van der Waals surface area contributed by atoms with Crippen LogP contribution in [0, 0.1) is 13.8 Å². The van der Waals surface area contributed by atoms with Crippen molar-refractivity contribution in [2.24, 2.45) is 0 Å². The Bertz CT molecular complexity index is 712. The summed E-state index contributed by atoms with van der Waals surface area (Å²) >= 11 is 0. The maximum Gasteiger partial charge on any atom is 0.485 e. The summed E-state index contributed by atoms with van der Waals surface area (Å²) in [5.41, 5.74) is 2.59. The molecule has 0 aliphatic rings. The first-order chi connectivity index (χ1) is 12.1. The van der Waals surface area contributed by atoms with E-state index in [4.69, 9.17) is 0 Å². The minimum Gasteiger partial charge on any atom is -0.299 e. The van der Waals surface area contributed by atoms with Gasteiger partial charge in [0.05, 0.1) is 13.2 Å². The molecule has 0 N–H and O–H groups in total. The van der Waals surface area contributed by atoms with E-state index in [0.29, 0.717) is 11.1 Å². The fourth-order valence-corrected chi connectivity index (χ4v) is 2.42. The van der Waals surface area contributed by atoms with E-state index in [0.717, 1.165) is 36.1 Å². The van der Waals surface area contributed by atoms with Crippen molar-refractivity contribution < 1.29 is 36.5 Å². The Labute approximate surface area is 148 Å². The average molecular weight is 376 g/mol. The standard InChI is InChI=1S/C18H20F4O4/c1-11-5-13-8-16(10-26-18(21,22)24-4)12(2)6-14(13)7-15(11)9-25-17(19,20)23-3/h5-8H,9-10H2,1-4H3. The highest BCUT2D eigenvalue weighted by Crippen LogP contribution is 2.27. The van der Waals surface area contributed by atoms with Crippen LogP contribution < -0.4 is 0 Å².